The smallest absolute Gasteiger partial charge is 0.168 e. The van der Waals surface area contributed by atoms with Gasteiger partial charge in [0.1, 0.15) is 0 Å². The predicted molar refractivity (Wildman–Crippen MR) is 58.6 cm³/mol. The zero-order valence-corrected chi connectivity index (χ0v) is 9.48. The summed E-state index contributed by atoms with van der Waals surface area (Å²) >= 11 is 1.69. The molecule has 0 fully saturated rings. The highest BCUT2D eigenvalue weighted by Gasteiger charge is 2.17. The molecule has 6 heteroatoms. The molecule has 2 N–H and O–H groups in total. The molecule has 5 nitrogen and oxygen atoms in total. The molecule has 15 heavy (non-hydrogen) atoms. The van der Waals surface area contributed by atoms with Crippen molar-refractivity contribution >= 4 is 11.3 Å². The van der Waals surface area contributed by atoms with Crippen molar-refractivity contribution in [1.29, 1.82) is 0 Å². The Hall–Kier alpha value is -1.27. The second-order valence-electron chi connectivity index (χ2n) is 3.46. The van der Waals surface area contributed by atoms with E-state index in [-0.39, 0.29) is 12.1 Å². The highest BCUT2D eigenvalue weighted by molar-refractivity contribution is 7.10. The quantitative estimate of drug-likeness (QED) is 0.853. The van der Waals surface area contributed by atoms with Gasteiger partial charge in [0, 0.05) is 4.88 Å². The average molecular weight is 223 g/mol. The second-order valence-corrected chi connectivity index (χ2v) is 4.44. The van der Waals surface area contributed by atoms with Gasteiger partial charge in [0.05, 0.1) is 12.1 Å². The largest absolute Gasteiger partial charge is 0.322 e. The van der Waals surface area contributed by atoms with E-state index in [1.165, 1.54) is 4.88 Å². The van der Waals surface area contributed by atoms with Gasteiger partial charge in [-0.15, -0.1) is 16.4 Å². The molecule has 0 amide bonds. The van der Waals surface area contributed by atoms with Crippen LogP contribution in [0.4, 0.5) is 0 Å². The highest BCUT2D eigenvalue weighted by Crippen LogP contribution is 2.23. The molecule has 2 atom stereocenters. The summed E-state index contributed by atoms with van der Waals surface area (Å²) in [6, 6.07) is 4.08. The lowest BCUT2D eigenvalue weighted by Gasteiger charge is -2.12. The molecule has 0 aromatic carbocycles. The Kier molecular flexibility index (Phi) is 2.79. The molecule has 0 radical (unpaired) electrons. The lowest BCUT2D eigenvalue weighted by molar-refractivity contribution is 0.510. The summed E-state index contributed by atoms with van der Waals surface area (Å²) in [5.41, 5.74) is 5.79. The molecule has 0 bridgehead atoms. The molecule has 80 valence electrons. The summed E-state index contributed by atoms with van der Waals surface area (Å²) < 4.78 is 1.77. The van der Waals surface area contributed by atoms with E-state index in [1.54, 1.807) is 16.0 Å². The van der Waals surface area contributed by atoms with E-state index < -0.39 is 0 Å². The minimum absolute atomic E-state index is 0.140. The Labute approximate surface area is 91.9 Å². The Morgan fingerprint density at radius 2 is 2.27 bits per heavy atom. The first-order valence-corrected chi connectivity index (χ1v) is 5.65. The number of nitrogens with two attached hydrogens (primary N) is 1. The fraction of sp³-hybridized carbons (Fsp3) is 0.444. The third-order valence-electron chi connectivity index (χ3n) is 2.25. The van der Waals surface area contributed by atoms with Crippen LogP contribution in [0.2, 0.25) is 0 Å². The van der Waals surface area contributed by atoms with E-state index in [2.05, 4.69) is 28.5 Å². The van der Waals surface area contributed by atoms with Crippen LogP contribution in [0.25, 0.3) is 0 Å². The van der Waals surface area contributed by atoms with Crippen LogP contribution in [0.15, 0.2) is 17.5 Å². The number of tetrazole rings is 1. The number of rotatable bonds is 3. The maximum absolute atomic E-state index is 5.79. The second kappa shape index (κ2) is 4.08. The maximum atomic E-state index is 5.79. The monoisotopic (exact) mass is 223 g/mol. The van der Waals surface area contributed by atoms with Crippen molar-refractivity contribution in [1.82, 2.24) is 20.2 Å². The first kappa shape index (κ1) is 10.3. The summed E-state index contributed by atoms with van der Waals surface area (Å²) in [7, 11) is 0. The summed E-state index contributed by atoms with van der Waals surface area (Å²) in [6.45, 7) is 3.94. The first-order valence-electron chi connectivity index (χ1n) is 4.77. The van der Waals surface area contributed by atoms with Crippen LogP contribution in [-0.4, -0.2) is 20.2 Å². The van der Waals surface area contributed by atoms with Gasteiger partial charge < -0.3 is 5.73 Å². The van der Waals surface area contributed by atoms with Crippen molar-refractivity contribution in [3.63, 3.8) is 0 Å². The summed E-state index contributed by atoms with van der Waals surface area (Å²) in [6.07, 6.45) is 0. The molecule has 2 aromatic rings. The van der Waals surface area contributed by atoms with Crippen LogP contribution in [0.1, 0.15) is 36.6 Å². The molecular weight excluding hydrogens is 210 g/mol. The van der Waals surface area contributed by atoms with Crippen molar-refractivity contribution in [2.45, 2.75) is 25.9 Å². The van der Waals surface area contributed by atoms with E-state index in [1.807, 2.05) is 18.4 Å². The van der Waals surface area contributed by atoms with Crippen molar-refractivity contribution in [2.24, 2.45) is 5.73 Å². The number of hydrogen-bond donors (Lipinski definition) is 1. The van der Waals surface area contributed by atoms with E-state index in [9.17, 15) is 0 Å². The zero-order valence-electron chi connectivity index (χ0n) is 8.66. The molecule has 0 saturated heterocycles. The molecule has 0 saturated carbocycles. The van der Waals surface area contributed by atoms with Crippen molar-refractivity contribution < 1.29 is 0 Å². The SMILES string of the molecule is CC(N)c1nnnn1C(C)c1cccs1. The Morgan fingerprint density at radius 3 is 2.87 bits per heavy atom. The van der Waals surface area contributed by atoms with Gasteiger partial charge in [-0.3, -0.25) is 0 Å². The lowest BCUT2D eigenvalue weighted by atomic mass is 10.2. The Balaban J connectivity index is 2.33. The number of nitrogens with zero attached hydrogens (tertiary/aromatic N) is 4. The summed E-state index contributed by atoms with van der Waals surface area (Å²) in [4.78, 5) is 1.23. The van der Waals surface area contributed by atoms with Gasteiger partial charge in [-0.2, -0.15) is 0 Å². The number of thiophene rings is 1. The maximum Gasteiger partial charge on any atom is 0.168 e. The fourth-order valence-corrected chi connectivity index (χ4v) is 2.19. The lowest BCUT2D eigenvalue weighted by Crippen LogP contribution is -2.17. The van der Waals surface area contributed by atoms with Crippen LogP contribution in [-0.2, 0) is 0 Å². The summed E-state index contributed by atoms with van der Waals surface area (Å²) in [5.74, 6) is 0.718. The topological polar surface area (TPSA) is 69.6 Å². The molecule has 0 aliphatic carbocycles. The van der Waals surface area contributed by atoms with Gasteiger partial charge in [-0.25, -0.2) is 4.68 Å². The van der Waals surface area contributed by atoms with E-state index in [0.29, 0.717) is 0 Å². The Bertz CT molecular complexity index is 419. The number of hydrogen-bond acceptors (Lipinski definition) is 5. The van der Waals surface area contributed by atoms with Crippen molar-refractivity contribution in [3.05, 3.63) is 28.2 Å². The summed E-state index contributed by atoms with van der Waals surface area (Å²) in [5, 5.41) is 13.6. The standard InChI is InChI=1S/C9H13N5S/c1-6(10)9-11-12-13-14(9)7(2)8-4-3-5-15-8/h3-7H,10H2,1-2H3. The third-order valence-corrected chi connectivity index (χ3v) is 3.29. The van der Waals surface area contributed by atoms with E-state index in [4.69, 9.17) is 5.73 Å². The Morgan fingerprint density at radius 1 is 1.47 bits per heavy atom. The zero-order chi connectivity index (χ0) is 10.8. The van der Waals surface area contributed by atoms with Gasteiger partial charge in [-0.1, -0.05) is 6.07 Å². The van der Waals surface area contributed by atoms with Gasteiger partial charge in [0.25, 0.3) is 0 Å². The van der Waals surface area contributed by atoms with Crippen molar-refractivity contribution in [3.8, 4) is 0 Å². The van der Waals surface area contributed by atoms with Gasteiger partial charge in [0.2, 0.25) is 0 Å². The third kappa shape index (κ3) is 1.91. The number of aromatic nitrogens is 4. The molecule has 2 heterocycles. The predicted octanol–water partition coefficient (Wildman–Crippen LogP) is 1.36. The van der Waals surface area contributed by atoms with E-state index in [0.717, 1.165) is 5.82 Å². The van der Waals surface area contributed by atoms with Crippen LogP contribution in [0.3, 0.4) is 0 Å². The average Bonchev–Trinajstić information content (AvgIpc) is 2.88. The molecule has 0 aliphatic heterocycles. The molecule has 2 unspecified atom stereocenters. The highest BCUT2D eigenvalue weighted by atomic mass is 32.1. The van der Waals surface area contributed by atoms with Gasteiger partial charge in [0.15, 0.2) is 5.82 Å². The normalized spacial score (nSPS) is 15.1. The van der Waals surface area contributed by atoms with Gasteiger partial charge in [-0.05, 0) is 35.7 Å². The molecule has 0 aliphatic rings. The van der Waals surface area contributed by atoms with E-state index >= 15 is 0 Å². The van der Waals surface area contributed by atoms with Crippen molar-refractivity contribution in [2.75, 3.05) is 0 Å². The van der Waals surface area contributed by atoms with Crippen LogP contribution in [0, 0.1) is 0 Å². The minimum atomic E-state index is -0.151. The van der Waals surface area contributed by atoms with Gasteiger partial charge >= 0.3 is 0 Å². The van der Waals surface area contributed by atoms with Crippen LogP contribution >= 0.6 is 11.3 Å². The minimum Gasteiger partial charge on any atom is -0.322 e. The molecule has 0 spiro atoms. The van der Waals surface area contributed by atoms with Crippen LogP contribution in [0.5, 0.6) is 0 Å². The fourth-order valence-electron chi connectivity index (χ4n) is 1.43. The molecular formula is C9H13N5S. The molecule has 2 rings (SSSR count). The molecule has 2 aromatic heterocycles. The first-order chi connectivity index (χ1) is 7.20. The van der Waals surface area contributed by atoms with Crippen LogP contribution < -0.4 is 5.73 Å².